The highest BCUT2D eigenvalue weighted by Crippen LogP contribution is 2.29. The third kappa shape index (κ3) is 3.62. The summed E-state index contributed by atoms with van der Waals surface area (Å²) in [6.45, 7) is 5.94. The molecule has 1 aromatic heterocycles. The average molecular weight is 349 g/mol. The highest BCUT2D eigenvalue weighted by atomic mass is 35.5. The van der Waals surface area contributed by atoms with E-state index in [1.165, 1.54) is 5.56 Å². The zero-order valence-electron chi connectivity index (χ0n) is 14.2. The van der Waals surface area contributed by atoms with Gasteiger partial charge in [0, 0.05) is 18.1 Å². The molecule has 1 amide bonds. The predicted molar refractivity (Wildman–Crippen MR) is 98.7 cm³/mol. The number of hydrogen-bond acceptors (Lipinski definition) is 3. The minimum Gasteiger partial charge on any atom is -0.324 e. The molecule has 0 spiro atoms. The van der Waals surface area contributed by atoms with E-state index in [0.717, 1.165) is 31.6 Å². The van der Waals surface area contributed by atoms with Crippen molar-refractivity contribution in [1.82, 2.24) is 15.1 Å². The van der Waals surface area contributed by atoms with Crippen molar-refractivity contribution in [2.45, 2.75) is 38.1 Å². The number of amides is 1. The smallest absolute Gasteiger partial charge is 0.252 e. The number of nitrogens with one attached hydrogen (secondary N) is 2. The first-order valence-electron chi connectivity index (χ1n) is 8.24. The number of carbonyl (C=O) groups is 1. The molecule has 1 saturated heterocycles. The van der Waals surface area contributed by atoms with E-state index in [9.17, 15) is 4.79 Å². The molecule has 5 nitrogen and oxygen atoms in total. The van der Waals surface area contributed by atoms with Crippen LogP contribution in [0.1, 0.15) is 38.2 Å². The van der Waals surface area contributed by atoms with E-state index in [4.69, 9.17) is 0 Å². The van der Waals surface area contributed by atoms with Crippen LogP contribution in [0.25, 0.3) is 0 Å². The molecule has 0 radical (unpaired) electrons. The molecule has 1 aromatic carbocycles. The van der Waals surface area contributed by atoms with Crippen LogP contribution in [0.4, 0.5) is 5.69 Å². The second kappa shape index (κ2) is 7.81. The zero-order valence-corrected chi connectivity index (χ0v) is 15.0. The van der Waals surface area contributed by atoms with Crippen molar-refractivity contribution in [2.24, 2.45) is 0 Å². The van der Waals surface area contributed by atoms with Crippen LogP contribution in [-0.2, 0) is 10.3 Å². The Labute approximate surface area is 149 Å². The molecule has 1 fully saturated rings. The molecule has 0 bridgehead atoms. The number of rotatable bonds is 4. The molecule has 0 unspecified atom stereocenters. The summed E-state index contributed by atoms with van der Waals surface area (Å²) >= 11 is 0. The number of aromatic nitrogens is 2. The van der Waals surface area contributed by atoms with Gasteiger partial charge in [0.2, 0.25) is 0 Å². The topological polar surface area (TPSA) is 59.0 Å². The fourth-order valence-electron chi connectivity index (χ4n) is 3.15. The molecular weight excluding hydrogens is 324 g/mol. The molecule has 3 rings (SSSR count). The summed E-state index contributed by atoms with van der Waals surface area (Å²) in [7, 11) is 0. The lowest BCUT2D eigenvalue weighted by Crippen LogP contribution is -2.52. The molecule has 1 aliphatic heterocycles. The Balaban J connectivity index is 0.00000208. The van der Waals surface area contributed by atoms with Gasteiger partial charge in [-0.3, -0.25) is 9.48 Å². The summed E-state index contributed by atoms with van der Waals surface area (Å²) in [5.41, 5.74) is 1.47. The molecule has 0 saturated carbocycles. The number of piperidine rings is 1. The van der Waals surface area contributed by atoms with Crippen molar-refractivity contribution in [3.8, 4) is 0 Å². The lowest BCUT2D eigenvalue weighted by atomic mass is 9.87. The molecule has 0 aliphatic carbocycles. The van der Waals surface area contributed by atoms with E-state index < -0.39 is 5.54 Å². The van der Waals surface area contributed by atoms with Crippen LogP contribution in [-0.4, -0.2) is 28.8 Å². The lowest BCUT2D eigenvalue weighted by Gasteiger charge is -2.36. The van der Waals surface area contributed by atoms with E-state index in [2.05, 4.69) is 41.7 Å². The van der Waals surface area contributed by atoms with Gasteiger partial charge in [0.1, 0.15) is 5.54 Å². The van der Waals surface area contributed by atoms with Crippen LogP contribution in [0.5, 0.6) is 0 Å². The Morgan fingerprint density at radius 3 is 2.67 bits per heavy atom. The first kappa shape index (κ1) is 18.5. The molecule has 6 heteroatoms. The van der Waals surface area contributed by atoms with Gasteiger partial charge < -0.3 is 10.6 Å². The van der Waals surface area contributed by atoms with Gasteiger partial charge in [0.25, 0.3) is 5.91 Å². The first-order chi connectivity index (χ1) is 11.1. The van der Waals surface area contributed by atoms with Gasteiger partial charge in [-0.05, 0) is 55.6 Å². The summed E-state index contributed by atoms with van der Waals surface area (Å²) in [4.78, 5) is 13.1. The number of hydrogen-bond donors (Lipinski definition) is 2. The third-order valence-electron chi connectivity index (χ3n) is 4.61. The molecule has 0 atom stereocenters. The van der Waals surface area contributed by atoms with Gasteiger partial charge in [0.05, 0.1) is 0 Å². The maximum atomic E-state index is 13.1. The molecular formula is C18H25ClN4O. The van der Waals surface area contributed by atoms with Crippen molar-refractivity contribution in [3.05, 3.63) is 48.3 Å². The van der Waals surface area contributed by atoms with Crippen molar-refractivity contribution in [2.75, 3.05) is 18.4 Å². The largest absolute Gasteiger partial charge is 0.324 e. The molecule has 24 heavy (non-hydrogen) atoms. The number of nitrogens with zero attached hydrogens (tertiary/aromatic N) is 2. The summed E-state index contributed by atoms with van der Waals surface area (Å²) in [6.07, 6.45) is 5.10. The first-order valence-corrected chi connectivity index (χ1v) is 8.24. The van der Waals surface area contributed by atoms with Gasteiger partial charge in [-0.15, -0.1) is 12.4 Å². The van der Waals surface area contributed by atoms with E-state index >= 15 is 0 Å². The highest BCUT2D eigenvalue weighted by Gasteiger charge is 2.42. The number of carbonyl (C=O) groups excluding carboxylic acids is 1. The maximum Gasteiger partial charge on any atom is 0.252 e. The van der Waals surface area contributed by atoms with E-state index in [0.29, 0.717) is 5.92 Å². The molecule has 2 N–H and O–H groups in total. The lowest BCUT2D eigenvalue weighted by molar-refractivity contribution is -0.126. The number of benzene rings is 1. The van der Waals surface area contributed by atoms with Gasteiger partial charge in [-0.2, -0.15) is 5.10 Å². The van der Waals surface area contributed by atoms with E-state index in [-0.39, 0.29) is 18.3 Å². The van der Waals surface area contributed by atoms with Gasteiger partial charge in [-0.25, -0.2) is 0 Å². The fraction of sp³-hybridized carbons (Fsp3) is 0.444. The predicted octanol–water partition coefficient (Wildman–Crippen LogP) is 3.15. The summed E-state index contributed by atoms with van der Waals surface area (Å²) in [6, 6.07) is 9.96. The second-order valence-corrected chi connectivity index (χ2v) is 6.47. The van der Waals surface area contributed by atoms with Crippen LogP contribution in [0.3, 0.4) is 0 Å². The Kier molecular flexibility index (Phi) is 6.02. The standard InChI is InChI=1S/C18H24N4O.ClH/c1-14(2)15-5-3-6-16(13-15)21-17(23)18(7-10-19-11-8-18)22-12-4-9-20-22;/h3-6,9,12-14,19H,7-8,10-11H2,1-2H3,(H,21,23);1H. The van der Waals surface area contributed by atoms with Crippen molar-refractivity contribution >= 4 is 24.0 Å². The fourth-order valence-corrected chi connectivity index (χ4v) is 3.15. The zero-order chi connectivity index (χ0) is 16.3. The van der Waals surface area contributed by atoms with Crippen molar-refractivity contribution in [3.63, 3.8) is 0 Å². The van der Waals surface area contributed by atoms with E-state index in [1.54, 1.807) is 6.20 Å². The molecule has 2 aromatic rings. The van der Waals surface area contributed by atoms with E-state index in [1.807, 2.05) is 29.1 Å². The minimum absolute atomic E-state index is 0. The van der Waals surface area contributed by atoms with Crippen LogP contribution in [0.2, 0.25) is 0 Å². The van der Waals surface area contributed by atoms with Gasteiger partial charge in [0.15, 0.2) is 0 Å². The average Bonchev–Trinajstić information content (AvgIpc) is 3.10. The van der Waals surface area contributed by atoms with Crippen LogP contribution in [0.15, 0.2) is 42.7 Å². The maximum absolute atomic E-state index is 13.1. The van der Waals surface area contributed by atoms with Gasteiger partial charge in [-0.1, -0.05) is 26.0 Å². The Morgan fingerprint density at radius 2 is 2.04 bits per heavy atom. The van der Waals surface area contributed by atoms with Crippen LogP contribution < -0.4 is 10.6 Å². The third-order valence-corrected chi connectivity index (χ3v) is 4.61. The minimum atomic E-state index is -0.609. The second-order valence-electron chi connectivity index (χ2n) is 6.47. The number of halogens is 1. The SMILES string of the molecule is CC(C)c1cccc(NC(=O)C2(n3cccn3)CCNCC2)c1.Cl. The number of anilines is 1. The van der Waals surface area contributed by atoms with Crippen molar-refractivity contribution < 1.29 is 4.79 Å². The van der Waals surface area contributed by atoms with Crippen LogP contribution in [0, 0.1) is 0 Å². The summed E-state index contributed by atoms with van der Waals surface area (Å²) in [5.74, 6) is 0.453. The molecule has 2 heterocycles. The Bertz CT molecular complexity index is 663. The van der Waals surface area contributed by atoms with Crippen LogP contribution >= 0.6 is 12.4 Å². The summed E-state index contributed by atoms with van der Waals surface area (Å²) < 4.78 is 1.81. The normalized spacial score (nSPS) is 16.5. The molecule has 1 aliphatic rings. The molecule has 130 valence electrons. The quantitative estimate of drug-likeness (QED) is 0.892. The highest BCUT2D eigenvalue weighted by molar-refractivity contribution is 5.96. The monoisotopic (exact) mass is 348 g/mol. The van der Waals surface area contributed by atoms with Gasteiger partial charge >= 0.3 is 0 Å². The Morgan fingerprint density at radius 1 is 1.29 bits per heavy atom. The van der Waals surface area contributed by atoms with Crippen molar-refractivity contribution in [1.29, 1.82) is 0 Å². The summed E-state index contributed by atoms with van der Waals surface area (Å²) in [5, 5.41) is 10.8. The Hall–Kier alpha value is -1.85.